The number of aryl methyl sites for hydroxylation is 2. The van der Waals surface area contributed by atoms with Crippen molar-refractivity contribution in [3.63, 3.8) is 0 Å². The maximum Gasteiger partial charge on any atom is 0.325 e. The second-order valence-electron chi connectivity index (χ2n) is 7.46. The van der Waals surface area contributed by atoms with Crippen molar-refractivity contribution in [3.05, 3.63) is 34.9 Å². The van der Waals surface area contributed by atoms with Crippen molar-refractivity contribution in [3.8, 4) is 5.75 Å². The molecule has 0 unspecified atom stereocenters. The molecule has 34 heavy (non-hydrogen) atoms. The third-order valence-corrected chi connectivity index (χ3v) is 6.35. The molecular weight excluding hydrogens is 485 g/mol. The van der Waals surface area contributed by atoms with E-state index >= 15 is 0 Å². The van der Waals surface area contributed by atoms with Gasteiger partial charge in [-0.15, -0.1) is 0 Å². The van der Waals surface area contributed by atoms with Gasteiger partial charge in [-0.05, 0) is 32.4 Å². The molecule has 0 fully saturated rings. The van der Waals surface area contributed by atoms with Gasteiger partial charge in [-0.3, -0.25) is 9.36 Å². The van der Waals surface area contributed by atoms with E-state index in [-0.39, 0.29) is 48.2 Å². The highest BCUT2D eigenvalue weighted by Crippen LogP contribution is 2.34. The van der Waals surface area contributed by atoms with E-state index in [0.717, 1.165) is 16.9 Å². The number of carbonyl (C=O) groups excluding carboxylic acids is 1. The van der Waals surface area contributed by atoms with Gasteiger partial charge in [-0.2, -0.15) is 0 Å². The molecule has 3 rings (SSSR count). The third kappa shape index (κ3) is 5.76. The number of anilines is 2. The van der Waals surface area contributed by atoms with Crippen LogP contribution in [0.3, 0.4) is 0 Å². The van der Waals surface area contributed by atoms with Crippen molar-refractivity contribution in [2.24, 2.45) is 0 Å². The Morgan fingerprint density at radius 3 is 2.65 bits per heavy atom. The standard InChI is InChI=1S/C20H27ClN7O5P/c1-3-27-13-7-6-12(33-8-5-9-34(30,31)32)10-14(13)28(4-2)15(27)11-24-20(29)16-18(22)26-19(23)17(21)25-16/h6-7,10H,3-5,8-9,11H2,1-2H3,(H6-,22,23,24,26,29,30,31,32)/p+1. The van der Waals surface area contributed by atoms with Crippen LogP contribution in [0.5, 0.6) is 5.75 Å². The van der Waals surface area contributed by atoms with Crippen LogP contribution < -0.4 is 26.1 Å². The first-order chi connectivity index (χ1) is 16.1. The Morgan fingerprint density at radius 2 is 2.00 bits per heavy atom. The zero-order chi connectivity index (χ0) is 25.0. The number of benzene rings is 1. The van der Waals surface area contributed by atoms with Crippen LogP contribution in [-0.2, 0) is 24.2 Å². The van der Waals surface area contributed by atoms with Crippen molar-refractivity contribution in [1.29, 1.82) is 0 Å². The van der Waals surface area contributed by atoms with Gasteiger partial charge in [0.25, 0.3) is 11.7 Å². The molecule has 14 heteroatoms. The van der Waals surface area contributed by atoms with Crippen molar-refractivity contribution >= 4 is 47.8 Å². The van der Waals surface area contributed by atoms with Crippen LogP contribution in [0.2, 0.25) is 5.15 Å². The predicted octanol–water partition coefficient (Wildman–Crippen LogP) is 1.45. The second-order valence-corrected chi connectivity index (χ2v) is 9.60. The summed E-state index contributed by atoms with van der Waals surface area (Å²) in [5.74, 6) is 0.741. The second kappa shape index (κ2) is 10.6. The van der Waals surface area contributed by atoms with Crippen molar-refractivity contribution in [1.82, 2.24) is 19.9 Å². The largest absolute Gasteiger partial charge is 0.493 e. The summed E-state index contributed by atoms with van der Waals surface area (Å²) in [4.78, 5) is 38.4. The quantitative estimate of drug-likeness (QED) is 0.152. The third-order valence-electron chi connectivity index (χ3n) is 5.17. The Hall–Kier alpha value is -2.92. The molecular formula is C20H28ClN7O5P+. The van der Waals surface area contributed by atoms with E-state index in [0.29, 0.717) is 18.8 Å². The maximum atomic E-state index is 12.7. The van der Waals surface area contributed by atoms with Crippen LogP contribution >= 0.6 is 19.2 Å². The molecule has 184 valence electrons. The average molecular weight is 513 g/mol. The van der Waals surface area contributed by atoms with Crippen molar-refractivity contribution in [2.45, 2.75) is 39.9 Å². The molecule has 0 radical (unpaired) electrons. The molecule has 7 N–H and O–H groups in total. The molecule has 0 atom stereocenters. The van der Waals surface area contributed by atoms with Gasteiger partial charge >= 0.3 is 7.60 Å². The minimum Gasteiger partial charge on any atom is -0.493 e. The topological polar surface area (TPSA) is 182 Å². The van der Waals surface area contributed by atoms with Gasteiger partial charge in [0.05, 0.1) is 25.9 Å². The maximum absolute atomic E-state index is 12.7. The fourth-order valence-electron chi connectivity index (χ4n) is 3.67. The Morgan fingerprint density at radius 1 is 1.26 bits per heavy atom. The lowest BCUT2D eigenvalue weighted by atomic mass is 10.3. The van der Waals surface area contributed by atoms with Gasteiger partial charge in [0, 0.05) is 6.07 Å². The summed E-state index contributed by atoms with van der Waals surface area (Å²) in [6, 6.07) is 5.59. The van der Waals surface area contributed by atoms with Gasteiger partial charge in [0.15, 0.2) is 33.5 Å². The number of nitrogens with zero attached hydrogens (tertiary/aromatic N) is 4. The fourth-order valence-corrected chi connectivity index (χ4v) is 4.34. The van der Waals surface area contributed by atoms with Crippen LogP contribution in [-0.4, -0.2) is 43.0 Å². The highest BCUT2D eigenvalue weighted by atomic mass is 35.5. The van der Waals surface area contributed by atoms with E-state index < -0.39 is 13.5 Å². The molecule has 0 aliphatic carbocycles. The lowest BCUT2D eigenvalue weighted by Gasteiger charge is -2.08. The highest BCUT2D eigenvalue weighted by Gasteiger charge is 2.25. The van der Waals surface area contributed by atoms with E-state index in [9.17, 15) is 9.36 Å². The summed E-state index contributed by atoms with van der Waals surface area (Å²) in [6.07, 6.45) is 0.0128. The number of nitrogen functional groups attached to an aromatic ring is 2. The van der Waals surface area contributed by atoms with E-state index in [4.69, 9.17) is 37.6 Å². The van der Waals surface area contributed by atoms with Gasteiger partial charge in [-0.25, -0.2) is 19.1 Å². The lowest BCUT2D eigenvalue weighted by Crippen LogP contribution is -2.40. The Labute approximate surface area is 201 Å². The van der Waals surface area contributed by atoms with Gasteiger partial charge in [0.2, 0.25) is 0 Å². The molecule has 0 spiro atoms. The summed E-state index contributed by atoms with van der Waals surface area (Å²) in [5.41, 5.74) is 13.1. The number of hydrogen-bond acceptors (Lipinski definition) is 7. The Kier molecular flexibility index (Phi) is 7.98. The van der Waals surface area contributed by atoms with Gasteiger partial charge in [-0.1, -0.05) is 11.6 Å². The molecule has 1 aromatic carbocycles. The first kappa shape index (κ1) is 25.7. The summed E-state index contributed by atoms with van der Waals surface area (Å²) in [5, 5.41) is 2.72. The molecule has 0 bridgehead atoms. The Bertz CT molecular complexity index is 1260. The molecule has 3 aromatic rings. The number of nitrogens with one attached hydrogen (secondary N) is 1. The summed E-state index contributed by atoms with van der Waals surface area (Å²) < 4.78 is 20.8. The number of fused-ring (bicyclic) bond motifs is 1. The predicted molar refractivity (Wildman–Crippen MR) is 128 cm³/mol. The van der Waals surface area contributed by atoms with Crippen molar-refractivity contribution in [2.75, 3.05) is 24.2 Å². The summed E-state index contributed by atoms with van der Waals surface area (Å²) >= 11 is 5.89. The molecule has 0 saturated heterocycles. The minimum atomic E-state index is -4.04. The SMILES string of the molecule is CCn1c(CNC(=O)c2nc(Cl)c(N)nc2N)[n+](CC)c2ccc(OCCCP(=O)(O)O)cc21. The number of aromatic nitrogens is 4. The minimum absolute atomic E-state index is 0.0505. The van der Waals surface area contributed by atoms with Crippen LogP contribution in [0, 0.1) is 0 Å². The zero-order valence-corrected chi connectivity index (χ0v) is 20.5. The molecule has 2 heterocycles. The molecule has 1 amide bonds. The number of carbonyl (C=O) groups is 1. The van der Waals surface area contributed by atoms with E-state index in [1.165, 1.54) is 0 Å². The fraction of sp³-hybridized carbons (Fsp3) is 0.400. The van der Waals surface area contributed by atoms with Crippen LogP contribution in [0.4, 0.5) is 11.6 Å². The lowest BCUT2D eigenvalue weighted by molar-refractivity contribution is -0.676. The molecule has 12 nitrogen and oxygen atoms in total. The smallest absolute Gasteiger partial charge is 0.325 e. The first-order valence-electron chi connectivity index (χ1n) is 10.6. The normalized spacial score (nSPS) is 11.7. The summed E-state index contributed by atoms with van der Waals surface area (Å²) in [6.45, 7) is 5.66. The number of imidazole rings is 1. The number of rotatable bonds is 10. The van der Waals surface area contributed by atoms with Crippen molar-refractivity contribution < 1.29 is 28.5 Å². The van der Waals surface area contributed by atoms with Gasteiger partial charge < -0.3 is 31.3 Å². The molecule has 0 aliphatic rings. The zero-order valence-electron chi connectivity index (χ0n) is 18.9. The molecule has 0 saturated carbocycles. The van der Waals surface area contributed by atoms with Crippen LogP contribution in [0.25, 0.3) is 11.0 Å². The molecule has 2 aromatic heterocycles. The average Bonchev–Trinajstić information content (AvgIpc) is 3.08. The van der Waals surface area contributed by atoms with E-state index in [2.05, 4.69) is 19.9 Å². The highest BCUT2D eigenvalue weighted by molar-refractivity contribution is 7.51. The van der Waals surface area contributed by atoms with Crippen LogP contribution in [0.15, 0.2) is 18.2 Å². The summed E-state index contributed by atoms with van der Waals surface area (Å²) in [7, 11) is -4.04. The molecule has 0 aliphatic heterocycles. The van der Waals surface area contributed by atoms with E-state index in [1.54, 1.807) is 6.07 Å². The van der Waals surface area contributed by atoms with Crippen LogP contribution in [0.1, 0.15) is 36.6 Å². The number of amides is 1. The number of nitrogens with two attached hydrogens (primary N) is 2. The number of hydrogen-bond donors (Lipinski definition) is 5. The van der Waals surface area contributed by atoms with Gasteiger partial charge in [0.1, 0.15) is 12.3 Å². The number of ether oxygens (including phenoxy) is 1. The first-order valence-corrected chi connectivity index (χ1v) is 12.8. The Balaban J connectivity index is 1.83. The monoisotopic (exact) mass is 512 g/mol. The van der Waals surface area contributed by atoms with E-state index in [1.807, 2.05) is 30.5 Å². The number of halogens is 1.